The van der Waals surface area contributed by atoms with E-state index in [0.717, 1.165) is 0 Å². The molecule has 1 aromatic rings. The van der Waals surface area contributed by atoms with E-state index in [1.807, 2.05) is 0 Å². The normalized spacial score (nSPS) is 13.5. The molecule has 1 fully saturated rings. The summed E-state index contributed by atoms with van der Waals surface area (Å²) in [4.78, 5) is 15.6. The summed E-state index contributed by atoms with van der Waals surface area (Å²) in [6.07, 6.45) is 2.34. The Balaban J connectivity index is 2.27. The van der Waals surface area contributed by atoms with Crippen LogP contribution in [-0.4, -0.2) is 25.2 Å². The van der Waals surface area contributed by atoms with Crippen LogP contribution in [0.3, 0.4) is 0 Å². The number of nitrogens with zero attached hydrogens (tertiary/aromatic N) is 1. The number of esters is 1. The molecule has 0 bridgehead atoms. The van der Waals surface area contributed by atoms with E-state index < -0.39 is 5.97 Å². The lowest BCUT2D eigenvalue weighted by Gasteiger charge is -2.05. The van der Waals surface area contributed by atoms with Gasteiger partial charge in [-0.2, -0.15) is 0 Å². The lowest BCUT2D eigenvalue weighted by atomic mass is 10.2. The zero-order chi connectivity index (χ0) is 12.3. The molecule has 0 saturated heterocycles. The average molecular weight is 231 g/mol. The van der Waals surface area contributed by atoms with Crippen molar-refractivity contribution >= 4 is 5.97 Å². The van der Waals surface area contributed by atoms with Crippen LogP contribution in [0.1, 0.15) is 28.9 Å². The van der Waals surface area contributed by atoms with E-state index in [-0.39, 0.29) is 5.88 Å². The lowest BCUT2D eigenvalue weighted by Crippen LogP contribution is -2.06. The van der Waals surface area contributed by atoms with Crippen molar-refractivity contribution in [2.45, 2.75) is 12.8 Å². The molecule has 0 atom stereocenters. The van der Waals surface area contributed by atoms with E-state index in [1.165, 1.54) is 27.1 Å². The number of hydrogen-bond acceptors (Lipinski definition) is 4. The highest BCUT2D eigenvalue weighted by Crippen LogP contribution is 2.27. The van der Waals surface area contributed by atoms with E-state index >= 15 is 0 Å². The Morgan fingerprint density at radius 3 is 2.76 bits per heavy atom. The molecule has 1 aliphatic carbocycles. The number of carbonyl (C=O) groups excluding carboxylic acids is 1. The van der Waals surface area contributed by atoms with Gasteiger partial charge in [0.2, 0.25) is 5.88 Å². The number of carbonyl (C=O) groups is 1. The van der Waals surface area contributed by atoms with Gasteiger partial charge in [0.05, 0.1) is 14.2 Å². The van der Waals surface area contributed by atoms with Crippen LogP contribution < -0.4 is 4.74 Å². The summed E-state index contributed by atoms with van der Waals surface area (Å²) in [7, 11) is 2.79. The molecule has 0 aliphatic heterocycles. The fourth-order valence-electron chi connectivity index (χ4n) is 1.33. The molecule has 0 aromatic carbocycles. The first-order valence-corrected chi connectivity index (χ1v) is 5.39. The van der Waals surface area contributed by atoms with Crippen molar-refractivity contribution in [1.82, 2.24) is 4.98 Å². The van der Waals surface area contributed by atoms with Crippen LogP contribution in [0.2, 0.25) is 0 Å². The van der Waals surface area contributed by atoms with Crippen molar-refractivity contribution in [3.8, 4) is 17.7 Å². The number of methoxy groups -OCH3 is 2. The van der Waals surface area contributed by atoms with E-state index in [0.29, 0.717) is 17.2 Å². The van der Waals surface area contributed by atoms with E-state index in [1.54, 1.807) is 12.1 Å². The first-order chi connectivity index (χ1) is 8.24. The number of pyridine rings is 1. The quantitative estimate of drug-likeness (QED) is 0.573. The van der Waals surface area contributed by atoms with Crippen LogP contribution in [0.15, 0.2) is 12.1 Å². The third-order valence-corrected chi connectivity index (χ3v) is 2.44. The maximum absolute atomic E-state index is 11.4. The molecule has 4 heteroatoms. The van der Waals surface area contributed by atoms with Gasteiger partial charge in [-0.1, -0.05) is 5.92 Å². The molecule has 1 saturated carbocycles. The van der Waals surface area contributed by atoms with Crippen molar-refractivity contribution in [3.05, 3.63) is 23.4 Å². The predicted octanol–water partition coefficient (Wildman–Crippen LogP) is 1.64. The van der Waals surface area contributed by atoms with Gasteiger partial charge >= 0.3 is 5.97 Å². The van der Waals surface area contributed by atoms with Gasteiger partial charge < -0.3 is 9.47 Å². The van der Waals surface area contributed by atoms with E-state index in [2.05, 4.69) is 21.6 Å². The fourth-order valence-corrected chi connectivity index (χ4v) is 1.33. The Morgan fingerprint density at radius 2 is 2.18 bits per heavy atom. The summed E-state index contributed by atoms with van der Waals surface area (Å²) in [5, 5.41) is 0. The third-order valence-electron chi connectivity index (χ3n) is 2.44. The van der Waals surface area contributed by atoms with E-state index in [4.69, 9.17) is 4.74 Å². The Morgan fingerprint density at radius 1 is 1.41 bits per heavy atom. The number of aromatic nitrogens is 1. The summed E-state index contributed by atoms with van der Waals surface area (Å²) in [6.45, 7) is 0. The van der Waals surface area contributed by atoms with Gasteiger partial charge in [-0.25, -0.2) is 9.78 Å². The first kappa shape index (κ1) is 11.5. The highest BCUT2D eigenvalue weighted by atomic mass is 16.5. The number of ether oxygens (including phenoxy) is 2. The van der Waals surface area contributed by atoms with Gasteiger partial charge in [-0.05, 0) is 30.9 Å². The zero-order valence-corrected chi connectivity index (χ0v) is 9.82. The summed E-state index contributed by atoms with van der Waals surface area (Å²) >= 11 is 0. The molecule has 0 N–H and O–H groups in total. The van der Waals surface area contributed by atoms with Gasteiger partial charge in [-0.15, -0.1) is 0 Å². The highest BCUT2D eigenvalue weighted by molar-refractivity contribution is 5.91. The molecule has 17 heavy (non-hydrogen) atoms. The zero-order valence-electron chi connectivity index (χ0n) is 9.82. The second-order valence-electron chi connectivity index (χ2n) is 3.79. The minimum atomic E-state index is -0.462. The van der Waals surface area contributed by atoms with Crippen LogP contribution in [0.5, 0.6) is 5.88 Å². The predicted molar refractivity (Wildman–Crippen MR) is 61.7 cm³/mol. The third kappa shape index (κ3) is 2.76. The molecule has 2 rings (SSSR count). The van der Waals surface area contributed by atoms with Crippen molar-refractivity contribution in [3.63, 3.8) is 0 Å². The summed E-state index contributed by atoms with van der Waals surface area (Å²) < 4.78 is 9.68. The topological polar surface area (TPSA) is 48.4 Å². The highest BCUT2D eigenvalue weighted by Gasteiger charge is 2.18. The van der Waals surface area contributed by atoms with Gasteiger partial charge in [-0.3, -0.25) is 0 Å². The SMILES string of the molecule is COC(=O)c1ccc(C#CC2CC2)nc1OC. The van der Waals surface area contributed by atoms with Crippen molar-refractivity contribution < 1.29 is 14.3 Å². The van der Waals surface area contributed by atoms with Crippen LogP contribution in [-0.2, 0) is 4.74 Å². The Bertz CT molecular complexity index is 495. The minimum absolute atomic E-state index is 0.249. The Kier molecular flexibility index (Phi) is 3.29. The molecule has 0 spiro atoms. The summed E-state index contributed by atoms with van der Waals surface area (Å²) in [5.74, 6) is 6.38. The summed E-state index contributed by atoms with van der Waals surface area (Å²) in [5.41, 5.74) is 0.924. The van der Waals surface area contributed by atoms with Gasteiger partial charge in [0.25, 0.3) is 0 Å². The van der Waals surface area contributed by atoms with Crippen LogP contribution in [0.4, 0.5) is 0 Å². The molecule has 4 nitrogen and oxygen atoms in total. The first-order valence-electron chi connectivity index (χ1n) is 5.39. The second kappa shape index (κ2) is 4.88. The molecule has 1 aliphatic rings. The van der Waals surface area contributed by atoms with Crippen molar-refractivity contribution in [2.24, 2.45) is 5.92 Å². The standard InChI is InChI=1S/C13H13NO3/c1-16-12-11(13(15)17-2)8-7-10(14-12)6-5-9-3-4-9/h7-9H,3-4H2,1-2H3. The number of rotatable bonds is 2. The molecule has 1 aromatic heterocycles. The maximum Gasteiger partial charge on any atom is 0.343 e. The lowest BCUT2D eigenvalue weighted by molar-refractivity contribution is 0.0596. The fraction of sp³-hybridized carbons (Fsp3) is 0.385. The molecule has 0 unspecified atom stereocenters. The van der Waals surface area contributed by atoms with E-state index in [9.17, 15) is 4.79 Å². The van der Waals surface area contributed by atoms with Gasteiger partial charge in [0, 0.05) is 5.92 Å². The van der Waals surface area contributed by atoms with Crippen LogP contribution >= 0.6 is 0 Å². The second-order valence-corrected chi connectivity index (χ2v) is 3.79. The van der Waals surface area contributed by atoms with Gasteiger partial charge in [0.1, 0.15) is 11.3 Å². The van der Waals surface area contributed by atoms with Gasteiger partial charge in [0.15, 0.2) is 0 Å². The molecule has 0 radical (unpaired) electrons. The smallest absolute Gasteiger partial charge is 0.343 e. The largest absolute Gasteiger partial charge is 0.480 e. The average Bonchev–Trinajstić information content (AvgIpc) is 3.19. The van der Waals surface area contributed by atoms with Crippen LogP contribution in [0.25, 0.3) is 0 Å². The molecular weight excluding hydrogens is 218 g/mol. The van der Waals surface area contributed by atoms with Crippen molar-refractivity contribution in [2.75, 3.05) is 14.2 Å². The minimum Gasteiger partial charge on any atom is -0.480 e. The number of hydrogen-bond donors (Lipinski definition) is 0. The maximum atomic E-state index is 11.4. The molecular formula is C13H13NO3. The Hall–Kier alpha value is -2.02. The molecule has 0 amide bonds. The summed E-state index contributed by atoms with van der Waals surface area (Å²) in [6, 6.07) is 3.32. The molecule has 88 valence electrons. The van der Waals surface area contributed by atoms with Crippen LogP contribution in [0, 0.1) is 17.8 Å². The molecule has 1 heterocycles. The Labute approximate surface area is 100.0 Å². The monoisotopic (exact) mass is 231 g/mol. The van der Waals surface area contributed by atoms with Crippen molar-refractivity contribution in [1.29, 1.82) is 0 Å².